The minimum Gasteiger partial charge on any atom is -0.395 e. The van der Waals surface area contributed by atoms with Crippen LogP contribution < -0.4 is 0 Å². The van der Waals surface area contributed by atoms with Gasteiger partial charge in [-0.1, -0.05) is 24.3 Å². The first-order valence-corrected chi connectivity index (χ1v) is 7.85. The summed E-state index contributed by atoms with van der Waals surface area (Å²) >= 11 is 0. The van der Waals surface area contributed by atoms with Crippen molar-refractivity contribution < 1.29 is 14.1 Å². The number of hydrogen-bond acceptors (Lipinski definition) is 5. The van der Waals surface area contributed by atoms with E-state index in [1.807, 2.05) is 12.1 Å². The van der Waals surface area contributed by atoms with Crippen LogP contribution in [0.3, 0.4) is 0 Å². The molecule has 2 aromatic rings. The van der Waals surface area contributed by atoms with Gasteiger partial charge in [0.05, 0.1) is 6.07 Å². The monoisotopic (exact) mass is 329 g/mol. The van der Waals surface area contributed by atoms with E-state index in [0.29, 0.717) is 13.1 Å². The highest BCUT2D eigenvalue weighted by molar-refractivity contribution is 5.91. The molecule has 0 unspecified atom stereocenters. The molecule has 7 heteroatoms. The maximum atomic E-state index is 12.3. The van der Waals surface area contributed by atoms with Gasteiger partial charge in [0.2, 0.25) is 0 Å². The lowest BCUT2D eigenvalue weighted by Crippen LogP contribution is -2.48. The molecule has 1 aromatic heterocycles. The topological polar surface area (TPSA) is 79.8 Å². The van der Waals surface area contributed by atoms with Gasteiger partial charge in [0.15, 0.2) is 5.76 Å². The van der Waals surface area contributed by atoms with E-state index < -0.39 is 10.8 Å². The van der Waals surface area contributed by atoms with E-state index in [-0.39, 0.29) is 11.7 Å². The third kappa shape index (κ3) is 3.46. The summed E-state index contributed by atoms with van der Waals surface area (Å²) in [7, 11) is 0. The summed E-state index contributed by atoms with van der Waals surface area (Å²) < 4.78 is 4.99. The van der Waals surface area contributed by atoms with Crippen molar-refractivity contribution in [1.82, 2.24) is 9.80 Å². The Morgan fingerprint density at radius 2 is 1.88 bits per heavy atom. The zero-order valence-corrected chi connectivity index (χ0v) is 13.5. The van der Waals surface area contributed by atoms with Crippen molar-refractivity contribution in [3.05, 3.63) is 63.4 Å². The summed E-state index contributed by atoms with van der Waals surface area (Å²) in [4.78, 5) is 26.3. The molecule has 3 rings (SSSR count). The minimum absolute atomic E-state index is 0.0223. The number of hydrogen-bond donors (Lipinski definition) is 0. The van der Waals surface area contributed by atoms with Crippen molar-refractivity contribution in [1.29, 1.82) is 0 Å². The largest absolute Gasteiger partial charge is 0.433 e. The second kappa shape index (κ2) is 6.84. The normalized spacial score (nSPS) is 15.5. The average molecular weight is 329 g/mol. The molecule has 0 radical (unpaired) electrons. The Hall–Kier alpha value is -2.67. The predicted octanol–water partition coefficient (Wildman–Crippen LogP) is 2.45. The van der Waals surface area contributed by atoms with E-state index in [1.165, 1.54) is 23.3 Å². The van der Waals surface area contributed by atoms with Gasteiger partial charge in [0.1, 0.15) is 4.92 Å². The van der Waals surface area contributed by atoms with Crippen LogP contribution >= 0.6 is 0 Å². The van der Waals surface area contributed by atoms with Crippen LogP contribution in [0.1, 0.15) is 21.7 Å². The molecule has 0 N–H and O–H groups in total. The Labute approximate surface area is 139 Å². The summed E-state index contributed by atoms with van der Waals surface area (Å²) in [5.74, 6) is -0.677. The van der Waals surface area contributed by atoms with Crippen molar-refractivity contribution in [2.45, 2.75) is 13.5 Å². The van der Waals surface area contributed by atoms with Gasteiger partial charge in [-0.25, -0.2) is 0 Å². The Balaban J connectivity index is 1.57. The molecule has 1 amide bonds. The summed E-state index contributed by atoms with van der Waals surface area (Å²) in [6.07, 6.45) is 0. The number of carbonyl (C=O) groups is 1. The zero-order valence-electron chi connectivity index (χ0n) is 13.5. The molecule has 1 aliphatic heterocycles. The van der Waals surface area contributed by atoms with Crippen LogP contribution in [0.15, 0.2) is 40.8 Å². The first-order valence-electron chi connectivity index (χ1n) is 7.85. The number of furan rings is 1. The van der Waals surface area contributed by atoms with Gasteiger partial charge in [-0.3, -0.25) is 19.8 Å². The predicted molar refractivity (Wildman–Crippen MR) is 87.7 cm³/mol. The number of carbonyl (C=O) groups excluding carboxylic acids is 1. The molecular formula is C17H19N3O4. The lowest BCUT2D eigenvalue weighted by atomic mass is 10.1. The van der Waals surface area contributed by atoms with Gasteiger partial charge in [-0.05, 0) is 24.1 Å². The Morgan fingerprint density at radius 1 is 1.17 bits per heavy atom. The second-order valence-corrected chi connectivity index (χ2v) is 5.89. The van der Waals surface area contributed by atoms with Gasteiger partial charge < -0.3 is 9.32 Å². The molecule has 1 aliphatic rings. The Morgan fingerprint density at radius 3 is 2.50 bits per heavy atom. The van der Waals surface area contributed by atoms with Gasteiger partial charge in [-0.2, -0.15) is 0 Å². The maximum Gasteiger partial charge on any atom is 0.433 e. The van der Waals surface area contributed by atoms with Crippen LogP contribution in [0.2, 0.25) is 0 Å². The highest BCUT2D eigenvalue weighted by atomic mass is 16.6. The summed E-state index contributed by atoms with van der Waals surface area (Å²) in [5.41, 5.74) is 2.55. The van der Waals surface area contributed by atoms with Crippen molar-refractivity contribution in [3.8, 4) is 0 Å². The third-order valence-corrected chi connectivity index (χ3v) is 4.30. The summed E-state index contributed by atoms with van der Waals surface area (Å²) in [6, 6.07) is 10.8. The molecule has 0 atom stereocenters. The summed E-state index contributed by atoms with van der Waals surface area (Å²) in [6.45, 7) is 5.66. The molecule has 1 aromatic carbocycles. The van der Waals surface area contributed by atoms with Crippen LogP contribution in [-0.2, 0) is 6.54 Å². The number of nitro groups is 1. The van der Waals surface area contributed by atoms with E-state index in [9.17, 15) is 14.9 Å². The molecule has 126 valence electrons. The van der Waals surface area contributed by atoms with E-state index in [1.54, 1.807) is 4.90 Å². The zero-order chi connectivity index (χ0) is 17.1. The van der Waals surface area contributed by atoms with Crippen LogP contribution in [-0.4, -0.2) is 46.8 Å². The fourth-order valence-corrected chi connectivity index (χ4v) is 2.83. The van der Waals surface area contributed by atoms with E-state index >= 15 is 0 Å². The number of aryl methyl sites for hydroxylation is 1. The Bertz CT molecular complexity index is 748. The molecule has 1 saturated heterocycles. The molecule has 0 spiro atoms. The number of rotatable bonds is 4. The molecule has 0 saturated carbocycles. The van der Waals surface area contributed by atoms with Crippen molar-refractivity contribution >= 4 is 11.8 Å². The van der Waals surface area contributed by atoms with E-state index in [0.717, 1.165) is 19.6 Å². The highest BCUT2D eigenvalue weighted by Gasteiger charge is 2.26. The van der Waals surface area contributed by atoms with Gasteiger partial charge >= 0.3 is 5.88 Å². The highest BCUT2D eigenvalue weighted by Crippen LogP contribution is 2.19. The standard InChI is InChI=1S/C17H19N3O4/c1-13-4-2-3-5-14(13)12-18-8-10-19(11-9-18)17(21)15-6-7-16(24-15)20(22)23/h2-7H,8-12H2,1H3. The molecular weight excluding hydrogens is 310 g/mol. The van der Waals surface area contributed by atoms with Crippen molar-refractivity contribution in [2.75, 3.05) is 26.2 Å². The fourth-order valence-electron chi connectivity index (χ4n) is 2.83. The van der Waals surface area contributed by atoms with Gasteiger partial charge in [-0.15, -0.1) is 0 Å². The smallest absolute Gasteiger partial charge is 0.395 e. The first kappa shape index (κ1) is 16.2. The van der Waals surface area contributed by atoms with Crippen LogP contribution in [0.4, 0.5) is 5.88 Å². The van der Waals surface area contributed by atoms with Crippen LogP contribution in [0.25, 0.3) is 0 Å². The van der Waals surface area contributed by atoms with Crippen LogP contribution in [0, 0.1) is 17.0 Å². The van der Waals surface area contributed by atoms with Crippen molar-refractivity contribution in [2.24, 2.45) is 0 Å². The molecule has 7 nitrogen and oxygen atoms in total. The van der Waals surface area contributed by atoms with E-state index in [4.69, 9.17) is 4.42 Å². The van der Waals surface area contributed by atoms with Gasteiger partial charge in [0, 0.05) is 32.7 Å². The molecule has 0 aliphatic carbocycles. The third-order valence-electron chi connectivity index (χ3n) is 4.30. The quantitative estimate of drug-likeness (QED) is 0.636. The number of benzene rings is 1. The summed E-state index contributed by atoms with van der Waals surface area (Å²) in [5, 5.41) is 10.6. The number of nitrogens with zero attached hydrogens (tertiary/aromatic N) is 3. The second-order valence-electron chi connectivity index (χ2n) is 5.89. The molecule has 1 fully saturated rings. The number of amides is 1. The maximum absolute atomic E-state index is 12.3. The lowest BCUT2D eigenvalue weighted by Gasteiger charge is -2.34. The Kier molecular flexibility index (Phi) is 4.61. The average Bonchev–Trinajstić information content (AvgIpc) is 3.07. The van der Waals surface area contributed by atoms with Gasteiger partial charge in [0.25, 0.3) is 5.91 Å². The van der Waals surface area contributed by atoms with E-state index in [2.05, 4.69) is 24.0 Å². The van der Waals surface area contributed by atoms with Crippen LogP contribution in [0.5, 0.6) is 0 Å². The lowest BCUT2D eigenvalue weighted by molar-refractivity contribution is -0.402. The SMILES string of the molecule is Cc1ccccc1CN1CCN(C(=O)c2ccc([N+](=O)[O-])o2)CC1. The molecule has 24 heavy (non-hydrogen) atoms. The number of piperazine rings is 1. The first-order chi connectivity index (χ1) is 11.5. The molecule has 2 heterocycles. The minimum atomic E-state index is -0.642. The fraction of sp³-hybridized carbons (Fsp3) is 0.353. The van der Waals surface area contributed by atoms with Crippen molar-refractivity contribution in [3.63, 3.8) is 0 Å². The molecule has 0 bridgehead atoms.